The first-order valence-corrected chi connectivity index (χ1v) is 7.56. The molecule has 0 saturated heterocycles. The van der Waals surface area contributed by atoms with Gasteiger partial charge in [-0.2, -0.15) is 13.2 Å². The fourth-order valence-electron chi connectivity index (χ4n) is 1.74. The molecule has 0 radical (unpaired) electrons. The first-order valence-electron chi connectivity index (χ1n) is 5.90. The lowest BCUT2D eigenvalue weighted by Crippen LogP contribution is -2.39. The van der Waals surface area contributed by atoms with E-state index in [1.807, 2.05) is 0 Å². The Kier molecular flexibility index (Phi) is 5.32. The van der Waals surface area contributed by atoms with E-state index in [4.69, 9.17) is 0 Å². The molecule has 1 aromatic rings. The molecule has 4 nitrogen and oxygen atoms in total. The van der Waals surface area contributed by atoms with E-state index in [1.54, 1.807) is 6.92 Å². The van der Waals surface area contributed by atoms with Crippen LogP contribution in [0.3, 0.4) is 0 Å². The van der Waals surface area contributed by atoms with Crippen LogP contribution in [0.1, 0.15) is 24.8 Å². The third-order valence-electron chi connectivity index (χ3n) is 2.61. The maximum atomic E-state index is 12.8. The predicted octanol–water partition coefficient (Wildman–Crippen LogP) is 2.33. The summed E-state index contributed by atoms with van der Waals surface area (Å²) in [5.74, 6) is -4.73. The minimum atomic E-state index is -4.94. The van der Waals surface area contributed by atoms with Gasteiger partial charge in [-0.25, -0.2) is 12.8 Å². The molecule has 0 spiro atoms. The van der Waals surface area contributed by atoms with Gasteiger partial charge in [-0.3, -0.25) is 9.52 Å². The first kappa shape index (κ1) is 17.4. The number of alkyl halides is 3. The zero-order valence-electron chi connectivity index (χ0n) is 10.9. The lowest BCUT2D eigenvalue weighted by molar-refractivity contribution is -0.121. The van der Waals surface area contributed by atoms with Crippen molar-refractivity contribution in [1.29, 1.82) is 0 Å². The number of amides is 1. The van der Waals surface area contributed by atoms with E-state index in [0.29, 0.717) is 5.56 Å². The maximum absolute atomic E-state index is 12.8. The van der Waals surface area contributed by atoms with Gasteiger partial charge in [-0.1, -0.05) is 19.1 Å². The fraction of sp³-hybridized carbons (Fsp3) is 0.417. The number of hydrogen-bond donors (Lipinski definition) is 1. The smallest absolute Gasteiger partial charge is 0.273 e. The first-order chi connectivity index (χ1) is 9.54. The number of sulfonamides is 1. The Hall–Kier alpha value is -1.64. The van der Waals surface area contributed by atoms with Crippen LogP contribution >= 0.6 is 0 Å². The van der Waals surface area contributed by atoms with Crippen LogP contribution in [0.2, 0.25) is 0 Å². The van der Waals surface area contributed by atoms with Crippen LogP contribution in [0, 0.1) is 5.82 Å². The van der Waals surface area contributed by atoms with Gasteiger partial charge in [0.05, 0.1) is 5.92 Å². The van der Waals surface area contributed by atoms with E-state index in [9.17, 15) is 30.8 Å². The van der Waals surface area contributed by atoms with E-state index in [-0.39, 0.29) is 6.42 Å². The topological polar surface area (TPSA) is 63.2 Å². The summed E-state index contributed by atoms with van der Waals surface area (Å²) >= 11 is 0. The number of hydrogen-bond acceptors (Lipinski definition) is 3. The van der Waals surface area contributed by atoms with Gasteiger partial charge in [0.25, 0.3) is 0 Å². The van der Waals surface area contributed by atoms with Crippen LogP contribution in [0.4, 0.5) is 17.6 Å². The van der Waals surface area contributed by atoms with Crippen molar-refractivity contribution in [2.45, 2.75) is 25.4 Å². The number of carbonyl (C=O) groups excluding carboxylic acids is 1. The molecule has 1 aromatic carbocycles. The van der Waals surface area contributed by atoms with Crippen LogP contribution in [0.15, 0.2) is 24.3 Å². The monoisotopic (exact) mass is 327 g/mol. The number of benzene rings is 1. The summed E-state index contributed by atoms with van der Waals surface area (Å²) < 4.78 is 72.9. The van der Waals surface area contributed by atoms with Crippen LogP contribution in [-0.4, -0.2) is 26.3 Å². The molecule has 1 amide bonds. The normalized spacial score (nSPS) is 13.8. The second kappa shape index (κ2) is 6.42. The lowest BCUT2D eigenvalue weighted by Gasteiger charge is -2.16. The highest BCUT2D eigenvalue weighted by molar-refractivity contribution is 7.90. The number of halogens is 4. The highest BCUT2D eigenvalue weighted by Gasteiger charge is 2.36. The van der Waals surface area contributed by atoms with E-state index in [1.165, 1.54) is 16.9 Å². The number of rotatable bonds is 5. The summed E-state index contributed by atoms with van der Waals surface area (Å²) in [6.45, 7) is 1.56. The van der Waals surface area contributed by atoms with Crippen LogP contribution in [0.5, 0.6) is 0 Å². The Morgan fingerprint density at radius 1 is 1.24 bits per heavy atom. The van der Waals surface area contributed by atoms with Gasteiger partial charge >= 0.3 is 6.18 Å². The molecule has 0 saturated carbocycles. The van der Waals surface area contributed by atoms with E-state index in [2.05, 4.69) is 0 Å². The van der Waals surface area contributed by atoms with Gasteiger partial charge in [-0.05, 0) is 24.1 Å². The highest BCUT2D eigenvalue weighted by atomic mass is 32.2. The molecule has 0 heterocycles. The summed E-state index contributed by atoms with van der Waals surface area (Å²) in [6.07, 6.45) is -4.79. The summed E-state index contributed by atoms with van der Waals surface area (Å²) in [5.41, 5.74) is 0.318. The second-order valence-electron chi connectivity index (χ2n) is 4.35. The maximum Gasteiger partial charge on any atom is 0.404 e. The summed E-state index contributed by atoms with van der Waals surface area (Å²) in [7, 11) is -4.81. The average Bonchev–Trinajstić information content (AvgIpc) is 2.28. The molecule has 21 heavy (non-hydrogen) atoms. The molecule has 0 aliphatic carbocycles. The molecule has 1 atom stereocenters. The van der Waals surface area contributed by atoms with Crippen molar-refractivity contribution in [3.8, 4) is 0 Å². The molecular weight excluding hydrogens is 314 g/mol. The average molecular weight is 327 g/mol. The van der Waals surface area contributed by atoms with Crippen LogP contribution < -0.4 is 4.72 Å². The van der Waals surface area contributed by atoms with Gasteiger partial charge < -0.3 is 0 Å². The Morgan fingerprint density at radius 3 is 2.19 bits per heavy atom. The van der Waals surface area contributed by atoms with Crippen molar-refractivity contribution in [2.75, 3.05) is 5.75 Å². The quantitative estimate of drug-likeness (QED) is 0.844. The number of carbonyl (C=O) groups is 1. The second-order valence-corrected chi connectivity index (χ2v) is 6.08. The molecule has 0 aromatic heterocycles. The highest BCUT2D eigenvalue weighted by Crippen LogP contribution is 2.21. The molecular formula is C12H13F4NO3S. The van der Waals surface area contributed by atoms with E-state index < -0.39 is 39.6 Å². The van der Waals surface area contributed by atoms with Crippen LogP contribution in [0.25, 0.3) is 0 Å². The third-order valence-corrected chi connectivity index (χ3v) is 3.83. The van der Waals surface area contributed by atoms with Crippen molar-refractivity contribution >= 4 is 15.9 Å². The standard InChI is InChI=1S/C12H13F4NO3S/c1-2-10(8-3-5-9(13)6-4-8)11(18)17-21(19,20)7-12(14,15)16/h3-6,10H,2,7H2,1H3,(H,17,18)/t10-/m0/s1. The molecule has 0 fully saturated rings. The van der Waals surface area contributed by atoms with E-state index >= 15 is 0 Å². The third kappa shape index (κ3) is 5.70. The Morgan fingerprint density at radius 2 is 1.76 bits per heavy atom. The SMILES string of the molecule is CC[C@H](C(=O)NS(=O)(=O)CC(F)(F)F)c1ccc(F)cc1. The van der Waals surface area contributed by atoms with Crippen LogP contribution in [-0.2, 0) is 14.8 Å². The molecule has 0 unspecified atom stereocenters. The van der Waals surface area contributed by atoms with Crippen molar-refractivity contribution in [2.24, 2.45) is 0 Å². The fourth-order valence-corrected chi connectivity index (χ4v) is 2.70. The molecule has 0 bridgehead atoms. The minimum Gasteiger partial charge on any atom is -0.273 e. The summed E-state index contributed by atoms with van der Waals surface area (Å²) in [4.78, 5) is 11.8. The van der Waals surface area contributed by atoms with Gasteiger partial charge in [-0.15, -0.1) is 0 Å². The molecule has 1 rings (SSSR count). The largest absolute Gasteiger partial charge is 0.404 e. The molecule has 9 heteroatoms. The molecule has 118 valence electrons. The Bertz CT molecular complexity index is 596. The Balaban J connectivity index is 2.88. The van der Waals surface area contributed by atoms with E-state index in [0.717, 1.165) is 12.1 Å². The lowest BCUT2D eigenvalue weighted by atomic mass is 9.96. The number of nitrogens with one attached hydrogen (secondary N) is 1. The van der Waals surface area contributed by atoms with Crippen molar-refractivity contribution in [3.05, 3.63) is 35.6 Å². The Labute approximate surface area is 119 Å². The predicted molar refractivity (Wildman–Crippen MR) is 67.4 cm³/mol. The van der Waals surface area contributed by atoms with Gasteiger partial charge in [0.2, 0.25) is 15.9 Å². The molecule has 0 aliphatic heterocycles. The summed E-state index contributed by atoms with van der Waals surface area (Å²) in [5, 5.41) is 0. The minimum absolute atomic E-state index is 0.152. The zero-order valence-corrected chi connectivity index (χ0v) is 11.8. The van der Waals surface area contributed by atoms with Gasteiger partial charge in [0.15, 0.2) is 5.75 Å². The van der Waals surface area contributed by atoms with Gasteiger partial charge in [0.1, 0.15) is 5.82 Å². The molecule has 0 aliphatic rings. The van der Waals surface area contributed by atoms with Crippen molar-refractivity contribution < 1.29 is 30.8 Å². The zero-order chi connectivity index (χ0) is 16.3. The van der Waals surface area contributed by atoms with Crippen molar-refractivity contribution in [3.63, 3.8) is 0 Å². The summed E-state index contributed by atoms with van der Waals surface area (Å²) in [6, 6.07) is 4.71. The molecule has 1 N–H and O–H groups in total. The van der Waals surface area contributed by atoms with Gasteiger partial charge in [0, 0.05) is 0 Å². The van der Waals surface area contributed by atoms with Crippen molar-refractivity contribution in [1.82, 2.24) is 4.72 Å².